The molecule has 10 heteroatoms. The molecule has 3 heterocycles. The average Bonchev–Trinajstić information content (AvgIpc) is 3.10. The second kappa shape index (κ2) is 6.23. The maximum Gasteiger partial charge on any atom is 0.339 e. The number of nitrogen functional groups attached to an aromatic ring is 1. The number of nitrogens with zero attached hydrogens (tertiary/aromatic N) is 4. The Morgan fingerprint density at radius 1 is 1.36 bits per heavy atom. The number of imidazole rings is 1. The molecule has 4 N–H and O–H groups in total. The van der Waals surface area contributed by atoms with Crippen molar-refractivity contribution in [3.05, 3.63) is 47.3 Å². The summed E-state index contributed by atoms with van der Waals surface area (Å²) in [5.74, 6) is -1.93. The number of amides is 1. The van der Waals surface area contributed by atoms with Gasteiger partial charge in [-0.2, -0.15) is 5.10 Å². The number of pyridine rings is 1. The number of primary amides is 1. The van der Waals surface area contributed by atoms with Crippen LogP contribution in [0.2, 0.25) is 0 Å². The molecule has 1 amide bonds. The van der Waals surface area contributed by atoms with Crippen LogP contribution < -0.4 is 11.5 Å². The number of hydrogen-bond donors (Lipinski definition) is 2. The molecule has 0 aromatic carbocycles. The van der Waals surface area contributed by atoms with Crippen LogP contribution in [0.4, 0.5) is 10.2 Å². The van der Waals surface area contributed by atoms with Gasteiger partial charge in [0, 0.05) is 12.4 Å². The molecule has 0 atom stereocenters. The Morgan fingerprint density at radius 2 is 2.12 bits per heavy atom. The SMILES string of the molecule is Cc1cn2cc(C(=O)OCCn3ncc(C(N)=O)c3N)cc(F)c2n1. The van der Waals surface area contributed by atoms with Gasteiger partial charge in [0.2, 0.25) is 0 Å². The van der Waals surface area contributed by atoms with Crippen molar-refractivity contribution >= 4 is 23.3 Å². The molecule has 0 bridgehead atoms. The fourth-order valence-corrected chi connectivity index (χ4v) is 2.36. The van der Waals surface area contributed by atoms with Crippen molar-refractivity contribution < 1.29 is 18.7 Å². The van der Waals surface area contributed by atoms with Gasteiger partial charge in [0.05, 0.1) is 24.0 Å². The van der Waals surface area contributed by atoms with Gasteiger partial charge in [-0.05, 0) is 13.0 Å². The molecular weight excluding hydrogens is 331 g/mol. The molecule has 0 spiro atoms. The Bertz CT molecular complexity index is 977. The zero-order valence-corrected chi connectivity index (χ0v) is 13.3. The van der Waals surface area contributed by atoms with Crippen LogP contribution in [0.25, 0.3) is 5.65 Å². The van der Waals surface area contributed by atoms with Crippen molar-refractivity contribution in [2.45, 2.75) is 13.5 Å². The van der Waals surface area contributed by atoms with Crippen LogP contribution in [0, 0.1) is 12.7 Å². The zero-order valence-electron chi connectivity index (χ0n) is 13.3. The van der Waals surface area contributed by atoms with E-state index in [-0.39, 0.29) is 35.7 Å². The summed E-state index contributed by atoms with van der Waals surface area (Å²) in [6.07, 6.45) is 4.28. The topological polar surface area (TPSA) is 131 Å². The normalized spacial score (nSPS) is 11.0. The third-order valence-electron chi connectivity index (χ3n) is 3.54. The number of carbonyl (C=O) groups is 2. The highest BCUT2D eigenvalue weighted by molar-refractivity contribution is 5.96. The molecule has 0 unspecified atom stereocenters. The van der Waals surface area contributed by atoms with Crippen molar-refractivity contribution in [1.29, 1.82) is 0 Å². The molecule has 25 heavy (non-hydrogen) atoms. The first kappa shape index (κ1) is 16.4. The standard InChI is InChI=1S/C15H15FN6O3/c1-8-6-21-7-9(4-11(16)14(21)20-8)15(24)25-3-2-22-12(17)10(5-19-22)13(18)23/h4-7H,2-3,17H2,1H3,(H2,18,23). The van der Waals surface area contributed by atoms with Gasteiger partial charge in [0.15, 0.2) is 11.5 Å². The molecule has 0 aliphatic rings. The first-order valence-corrected chi connectivity index (χ1v) is 7.30. The van der Waals surface area contributed by atoms with Gasteiger partial charge < -0.3 is 20.6 Å². The van der Waals surface area contributed by atoms with Crippen LogP contribution in [-0.2, 0) is 11.3 Å². The molecule has 0 saturated carbocycles. The molecule has 3 aromatic heterocycles. The largest absolute Gasteiger partial charge is 0.460 e. The van der Waals surface area contributed by atoms with Crippen LogP contribution in [0.15, 0.2) is 24.7 Å². The Kier molecular flexibility index (Phi) is 4.09. The number of ether oxygens (including phenoxy) is 1. The smallest absolute Gasteiger partial charge is 0.339 e. The van der Waals surface area contributed by atoms with E-state index in [1.165, 1.54) is 21.5 Å². The lowest BCUT2D eigenvalue weighted by Gasteiger charge is -2.07. The maximum absolute atomic E-state index is 14.0. The van der Waals surface area contributed by atoms with Crippen LogP contribution in [0.3, 0.4) is 0 Å². The van der Waals surface area contributed by atoms with E-state index in [1.54, 1.807) is 13.1 Å². The molecule has 3 rings (SSSR count). The molecule has 9 nitrogen and oxygen atoms in total. The minimum atomic E-state index is -0.701. The molecule has 3 aromatic rings. The van der Waals surface area contributed by atoms with Gasteiger partial charge >= 0.3 is 5.97 Å². The van der Waals surface area contributed by atoms with E-state index >= 15 is 0 Å². The Morgan fingerprint density at radius 3 is 2.80 bits per heavy atom. The summed E-state index contributed by atoms with van der Waals surface area (Å²) in [6.45, 7) is 1.78. The number of halogens is 1. The summed E-state index contributed by atoms with van der Waals surface area (Å²) in [7, 11) is 0. The number of esters is 1. The summed E-state index contributed by atoms with van der Waals surface area (Å²) >= 11 is 0. The molecule has 0 radical (unpaired) electrons. The lowest BCUT2D eigenvalue weighted by atomic mass is 10.3. The third kappa shape index (κ3) is 3.13. The first-order valence-electron chi connectivity index (χ1n) is 7.30. The minimum Gasteiger partial charge on any atom is -0.460 e. The quantitative estimate of drug-likeness (QED) is 0.648. The number of rotatable bonds is 5. The van der Waals surface area contributed by atoms with Gasteiger partial charge in [-0.3, -0.25) is 4.79 Å². The van der Waals surface area contributed by atoms with E-state index in [4.69, 9.17) is 16.2 Å². The number of carbonyl (C=O) groups excluding carboxylic acids is 2. The highest BCUT2D eigenvalue weighted by Gasteiger charge is 2.15. The monoisotopic (exact) mass is 346 g/mol. The van der Waals surface area contributed by atoms with Gasteiger partial charge in [-0.1, -0.05) is 0 Å². The van der Waals surface area contributed by atoms with Gasteiger partial charge in [0.1, 0.15) is 18.0 Å². The summed E-state index contributed by atoms with van der Waals surface area (Å²) < 4.78 is 21.8. The average molecular weight is 346 g/mol. The molecule has 0 fully saturated rings. The lowest BCUT2D eigenvalue weighted by molar-refractivity contribution is 0.0487. The van der Waals surface area contributed by atoms with E-state index in [2.05, 4.69) is 10.1 Å². The van der Waals surface area contributed by atoms with Crippen molar-refractivity contribution in [2.24, 2.45) is 5.73 Å². The summed E-state index contributed by atoms with van der Waals surface area (Å²) in [5.41, 5.74) is 11.8. The molecule has 0 saturated heterocycles. The Labute approximate surface area is 141 Å². The summed E-state index contributed by atoms with van der Waals surface area (Å²) in [5, 5.41) is 3.89. The predicted molar refractivity (Wildman–Crippen MR) is 85.3 cm³/mol. The number of aromatic nitrogens is 4. The summed E-state index contributed by atoms with van der Waals surface area (Å²) in [6, 6.07) is 1.07. The maximum atomic E-state index is 14.0. The van der Waals surface area contributed by atoms with E-state index < -0.39 is 17.7 Å². The van der Waals surface area contributed by atoms with Crippen LogP contribution in [0.5, 0.6) is 0 Å². The fourth-order valence-electron chi connectivity index (χ4n) is 2.36. The van der Waals surface area contributed by atoms with Gasteiger partial charge in [0.25, 0.3) is 5.91 Å². The number of aryl methyl sites for hydroxylation is 1. The predicted octanol–water partition coefficient (Wildman–Crippen LogP) is 0.516. The lowest BCUT2D eigenvalue weighted by Crippen LogP contribution is -2.16. The zero-order chi connectivity index (χ0) is 18.1. The Hall–Kier alpha value is -3.43. The van der Waals surface area contributed by atoms with Crippen LogP contribution >= 0.6 is 0 Å². The minimum absolute atomic E-state index is 0.0497. The highest BCUT2D eigenvalue weighted by atomic mass is 19.1. The second-order valence-electron chi connectivity index (χ2n) is 5.36. The van der Waals surface area contributed by atoms with E-state index in [1.807, 2.05) is 0 Å². The second-order valence-corrected chi connectivity index (χ2v) is 5.36. The fraction of sp³-hybridized carbons (Fsp3) is 0.200. The van der Waals surface area contributed by atoms with Crippen molar-refractivity contribution in [3.8, 4) is 0 Å². The van der Waals surface area contributed by atoms with Crippen molar-refractivity contribution in [1.82, 2.24) is 19.2 Å². The first-order chi connectivity index (χ1) is 11.9. The van der Waals surface area contributed by atoms with E-state index in [0.29, 0.717) is 5.69 Å². The Balaban J connectivity index is 1.68. The van der Waals surface area contributed by atoms with Crippen LogP contribution in [0.1, 0.15) is 26.4 Å². The van der Waals surface area contributed by atoms with Crippen molar-refractivity contribution in [3.63, 3.8) is 0 Å². The van der Waals surface area contributed by atoms with E-state index in [0.717, 1.165) is 6.07 Å². The third-order valence-corrected chi connectivity index (χ3v) is 3.54. The van der Waals surface area contributed by atoms with E-state index in [9.17, 15) is 14.0 Å². The van der Waals surface area contributed by atoms with Gasteiger partial charge in [-0.15, -0.1) is 0 Å². The molecule has 0 aliphatic heterocycles. The number of nitrogens with two attached hydrogens (primary N) is 2. The summed E-state index contributed by atoms with van der Waals surface area (Å²) in [4.78, 5) is 27.2. The van der Waals surface area contributed by atoms with Gasteiger partial charge in [-0.25, -0.2) is 18.9 Å². The van der Waals surface area contributed by atoms with Crippen molar-refractivity contribution in [2.75, 3.05) is 12.3 Å². The molecule has 130 valence electrons. The molecular formula is C15H15FN6O3. The number of hydrogen-bond acceptors (Lipinski definition) is 6. The number of anilines is 1. The number of fused-ring (bicyclic) bond motifs is 1. The van der Waals surface area contributed by atoms with Crippen LogP contribution in [-0.4, -0.2) is 37.6 Å². The molecule has 0 aliphatic carbocycles. The highest BCUT2D eigenvalue weighted by Crippen LogP contribution is 2.14.